The van der Waals surface area contributed by atoms with Crippen LogP contribution in [-0.4, -0.2) is 59.0 Å². The number of aromatic nitrogens is 2. The van der Waals surface area contributed by atoms with Crippen molar-refractivity contribution in [2.45, 2.75) is 13.5 Å². The summed E-state index contributed by atoms with van der Waals surface area (Å²) in [7, 11) is 2.14. The van der Waals surface area contributed by atoms with Crippen LogP contribution in [0.2, 0.25) is 0 Å². The van der Waals surface area contributed by atoms with Gasteiger partial charge in [0.25, 0.3) is 5.91 Å². The maximum Gasteiger partial charge on any atom is 0.272 e. The molecule has 2 aliphatic heterocycles. The van der Waals surface area contributed by atoms with Crippen molar-refractivity contribution in [3.8, 4) is 23.0 Å². The second-order valence-electron chi connectivity index (χ2n) is 8.33. The van der Waals surface area contributed by atoms with E-state index in [2.05, 4.69) is 50.1 Å². The van der Waals surface area contributed by atoms with E-state index in [9.17, 15) is 4.79 Å². The molecule has 1 amide bonds. The van der Waals surface area contributed by atoms with Crippen molar-refractivity contribution in [2.75, 3.05) is 43.6 Å². The van der Waals surface area contributed by atoms with E-state index < -0.39 is 0 Å². The van der Waals surface area contributed by atoms with Gasteiger partial charge in [-0.25, -0.2) is 15.0 Å². The number of amides is 1. The van der Waals surface area contributed by atoms with Crippen molar-refractivity contribution in [3.05, 3.63) is 71.7 Å². The van der Waals surface area contributed by atoms with Crippen LogP contribution < -0.4 is 10.3 Å². The highest BCUT2D eigenvalue weighted by atomic mass is 16.2. The van der Waals surface area contributed by atoms with Crippen LogP contribution in [0.25, 0.3) is 11.1 Å². The Labute approximate surface area is 194 Å². The molecule has 0 atom stereocenters. The molecule has 3 aromatic rings. The zero-order chi connectivity index (χ0) is 22.8. The average molecular weight is 439 g/mol. The zero-order valence-corrected chi connectivity index (χ0v) is 18.9. The smallest absolute Gasteiger partial charge is 0.272 e. The van der Waals surface area contributed by atoms with Crippen molar-refractivity contribution in [1.29, 1.82) is 0 Å². The van der Waals surface area contributed by atoms with Gasteiger partial charge in [-0.1, -0.05) is 18.1 Å². The minimum atomic E-state index is -0.0561. The maximum atomic E-state index is 13.1. The number of piperazine rings is 1. The average Bonchev–Trinajstić information content (AvgIpc) is 3.16. The summed E-state index contributed by atoms with van der Waals surface area (Å²) >= 11 is 0. The van der Waals surface area contributed by atoms with Gasteiger partial charge in [0.05, 0.1) is 18.4 Å². The van der Waals surface area contributed by atoms with E-state index in [1.54, 1.807) is 18.1 Å². The first-order chi connectivity index (χ1) is 16.1. The number of hydrazine groups is 1. The van der Waals surface area contributed by atoms with Gasteiger partial charge in [-0.3, -0.25) is 10.2 Å². The zero-order valence-electron chi connectivity index (χ0n) is 18.9. The number of likely N-dealkylation sites (N-methyl/N-ethyl adjacent to an activating group) is 1. The summed E-state index contributed by atoms with van der Waals surface area (Å²) in [5, 5.41) is 1.62. The highest BCUT2D eigenvalue weighted by Gasteiger charge is 2.30. The third kappa shape index (κ3) is 4.26. The van der Waals surface area contributed by atoms with Gasteiger partial charge in [-0.05, 0) is 66.9 Å². The van der Waals surface area contributed by atoms with E-state index in [1.807, 2.05) is 42.6 Å². The van der Waals surface area contributed by atoms with Crippen molar-refractivity contribution >= 4 is 17.4 Å². The number of nitrogens with one attached hydrogen (secondary N) is 1. The lowest BCUT2D eigenvalue weighted by molar-refractivity contribution is 0.0814. The Kier molecular flexibility index (Phi) is 5.68. The molecule has 0 unspecified atom stereocenters. The quantitative estimate of drug-likeness (QED) is 0.631. The van der Waals surface area contributed by atoms with Crippen LogP contribution >= 0.6 is 0 Å². The summed E-state index contributed by atoms with van der Waals surface area (Å²) in [6, 6.07) is 13.7. The Bertz CT molecular complexity index is 1240. The fraction of sp³-hybridized carbons (Fsp3) is 0.269. The molecule has 0 radical (unpaired) electrons. The second kappa shape index (κ2) is 8.93. The summed E-state index contributed by atoms with van der Waals surface area (Å²) in [6.45, 7) is 6.34. The topological polar surface area (TPSA) is 64.6 Å². The van der Waals surface area contributed by atoms with Crippen molar-refractivity contribution in [3.63, 3.8) is 0 Å². The Hall–Kier alpha value is -3.89. The Morgan fingerprint density at radius 2 is 1.82 bits per heavy atom. The molecule has 5 rings (SSSR count). The van der Waals surface area contributed by atoms with Gasteiger partial charge < -0.3 is 9.80 Å². The first-order valence-electron chi connectivity index (χ1n) is 11.1. The number of nitrogens with zero attached hydrogens (tertiary/aromatic N) is 5. The highest BCUT2D eigenvalue weighted by molar-refractivity contribution is 6.01. The molecule has 1 N–H and O–H groups in total. The van der Waals surface area contributed by atoms with Crippen LogP contribution in [0.5, 0.6) is 0 Å². The van der Waals surface area contributed by atoms with Crippen LogP contribution in [0.1, 0.15) is 28.5 Å². The SMILES string of the molecule is CC#Cc1cc(-c2cccc3c2CN(Nc2ccc(N4CCN(C)CC4)cn2)C3=O)ccn1. The normalized spacial score (nSPS) is 15.8. The number of fused-ring (bicyclic) bond motifs is 1. The van der Waals surface area contributed by atoms with E-state index in [0.29, 0.717) is 17.9 Å². The van der Waals surface area contributed by atoms with Crippen LogP contribution in [0.4, 0.5) is 11.5 Å². The van der Waals surface area contributed by atoms with Gasteiger partial charge in [-0.2, -0.15) is 0 Å². The number of pyridine rings is 2. The number of anilines is 2. The number of carbonyl (C=O) groups excluding carboxylic acids is 1. The third-order valence-electron chi connectivity index (χ3n) is 6.16. The predicted molar refractivity (Wildman–Crippen MR) is 130 cm³/mol. The number of rotatable bonds is 4. The highest BCUT2D eigenvalue weighted by Crippen LogP contribution is 2.33. The Morgan fingerprint density at radius 3 is 2.58 bits per heavy atom. The van der Waals surface area contributed by atoms with Gasteiger partial charge in [0, 0.05) is 37.9 Å². The van der Waals surface area contributed by atoms with Crippen LogP contribution in [0.15, 0.2) is 54.9 Å². The lowest BCUT2D eigenvalue weighted by atomic mass is 9.97. The van der Waals surface area contributed by atoms with Crippen molar-refractivity contribution in [2.24, 2.45) is 0 Å². The predicted octanol–water partition coefficient (Wildman–Crippen LogP) is 3.25. The number of hydrogen-bond donors (Lipinski definition) is 1. The van der Waals surface area contributed by atoms with E-state index in [1.165, 1.54) is 0 Å². The van der Waals surface area contributed by atoms with Crippen molar-refractivity contribution < 1.29 is 4.79 Å². The fourth-order valence-corrected chi connectivity index (χ4v) is 4.33. The molecule has 7 nitrogen and oxygen atoms in total. The lowest BCUT2D eigenvalue weighted by Gasteiger charge is -2.33. The molecule has 33 heavy (non-hydrogen) atoms. The van der Waals surface area contributed by atoms with E-state index in [-0.39, 0.29) is 5.91 Å². The summed E-state index contributed by atoms with van der Waals surface area (Å²) < 4.78 is 0. The molecule has 2 aromatic heterocycles. The maximum absolute atomic E-state index is 13.1. The van der Waals surface area contributed by atoms with Gasteiger partial charge >= 0.3 is 0 Å². The van der Waals surface area contributed by atoms with Crippen LogP contribution in [0, 0.1) is 11.8 Å². The van der Waals surface area contributed by atoms with E-state index in [4.69, 9.17) is 0 Å². The number of carbonyl (C=O) groups is 1. The molecule has 0 spiro atoms. The van der Waals surface area contributed by atoms with Crippen molar-refractivity contribution in [1.82, 2.24) is 19.9 Å². The summed E-state index contributed by atoms with van der Waals surface area (Å²) in [5.41, 5.74) is 8.74. The second-order valence-corrected chi connectivity index (χ2v) is 8.33. The monoisotopic (exact) mass is 438 g/mol. The molecule has 1 saturated heterocycles. The molecule has 1 fully saturated rings. The minimum Gasteiger partial charge on any atom is -0.368 e. The minimum absolute atomic E-state index is 0.0561. The van der Waals surface area contributed by atoms with Gasteiger partial charge in [0.1, 0.15) is 11.5 Å². The third-order valence-corrected chi connectivity index (χ3v) is 6.16. The number of benzene rings is 1. The molecule has 2 aliphatic rings. The molecule has 4 heterocycles. The molecule has 1 aromatic carbocycles. The Morgan fingerprint density at radius 1 is 1.00 bits per heavy atom. The lowest BCUT2D eigenvalue weighted by Crippen LogP contribution is -2.44. The van der Waals surface area contributed by atoms with Crippen LogP contribution in [-0.2, 0) is 6.54 Å². The molecule has 166 valence electrons. The standard InChI is InChI=1S/C26H26N6O/c1-3-5-20-16-19(10-11-27-20)22-6-4-7-23-24(22)18-32(26(23)33)29-25-9-8-21(17-28-25)31-14-12-30(2)13-15-31/h4,6-11,16-17H,12-15,18H2,1-2H3,(H,28,29). The Balaban J connectivity index is 1.34. The summed E-state index contributed by atoms with van der Waals surface area (Å²) in [4.78, 5) is 26.6. The molecular formula is C26H26N6O. The summed E-state index contributed by atoms with van der Waals surface area (Å²) in [5.74, 6) is 6.48. The molecule has 0 bridgehead atoms. The van der Waals surface area contributed by atoms with E-state index >= 15 is 0 Å². The van der Waals surface area contributed by atoms with E-state index in [0.717, 1.165) is 54.3 Å². The molecule has 7 heteroatoms. The molecular weight excluding hydrogens is 412 g/mol. The molecule has 0 aliphatic carbocycles. The van der Waals surface area contributed by atoms with Gasteiger partial charge in [0.2, 0.25) is 0 Å². The first-order valence-corrected chi connectivity index (χ1v) is 11.1. The fourth-order valence-electron chi connectivity index (χ4n) is 4.33. The molecule has 0 saturated carbocycles. The van der Waals surface area contributed by atoms with Gasteiger partial charge in [0.15, 0.2) is 0 Å². The summed E-state index contributed by atoms with van der Waals surface area (Å²) in [6.07, 6.45) is 3.63. The van der Waals surface area contributed by atoms with Gasteiger partial charge in [-0.15, -0.1) is 0 Å². The first kappa shape index (κ1) is 21.0. The van der Waals surface area contributed by atoms with Crippen LogP contribution in [0.3, 0.4) is 0 Å². The number of hydrogen-bond acceptors (Lipinski definition) is 6. The largest absolute Gasteiger partial charge is 0.368 e.